The molecule has 0 aromatic heterocycles. The highest BCUT2D eigenvalue weighted by Crippen LogP contribution is 2.35. The van der Waals surface area contributed by atoms with E-state index in [9.17, 15) is 4.39 Å². The molecule has 2 rings (SSSR count). The summed E-state index contributed by atoms with van der Waals surface area (Å²) in [6.45, 7) is 3.97. The zero-order valence-electron chi connectivity index (χ0n) is 10.1. The van der Waals surface area contributed by atoms with Gasteiger partial charge in [-0.3, -0.25) is 0 Å². The Balaban J connectivity index is 2.02. The summed E-state index contributed by atoms with van der Waals surface area (Å²) in [6.07, 6.45) is 2.61. The first-order valence-electron chi connectivity index (χ1n) is 6.00. The molecule has 1 heterocycles. The molecule has 0 radical (unpaired) electrons. The smallest absolute Gasteiger partial charge is 0.125 e. The molecule has 0 unspecified atom stereocenters. The zero-order valence-corrected chi connectivity index (χ0v) is 10.1. The monoisotopic (exact) mass is 232 g/mol. The van der Waals surface area contributed by atoms with Gasteiger partial charge in [0, 0.05) is 25.2 Å². The molecule has 1 aliphatic heterocycles. The Kier molecular flexibility index (Phi) is 3.33. The number of hydrogen-bond acceptors (Lipinski definition) is 2. The summed E-state index contributed by atoms with van der Waals surface area (Å²) in [5.74, 6) is -0.187. The van der Waals surface area contributed by atoms with E-state index in [4.69, 9.17) is 5.26 Å². The van der Waals surface area contributed by atoms with Crippen LogP contribution in [0.1, 0.15) is 26.2 Å². The summed E-state index contributed by atoms with van der Waals surface area (Å²) < 4.78 is 13.1. The van der Waals surface area contributed by atoms with Gasteiger partial charge in [-0.05, 0) is 36.5 Å². The number of halogens is 1. The molecule has 3 heteroatoms. The minimum absolute atomic E-state index is 0.137. The topological polar surface area (TPSA) is 27.0 Å². The number of anilines is 1. The van der Waals surface area contributed by atoms with E-state index in [1.807, 2.05) is 6.07 Å². The van der Waals surface area contributed by atoms with Gasteiger partial charge in [-0.25, -0.2) is 4.39 Å². The minimum Gasteiger partial charge on any atom is -0.371 e. The quantitative estimate of drug-likeness (QED) is 0.782. The average Bonchev–Trinajstić information content (AvgIpc) is 2.30. The van der Waals surface area contributed by atoms with Gasteiger partial charge < -0.3 is 4.90 Å². The molecular formula is C14H17FN2. The summed E-state index contributed by atoms with van der Waals surface area (Å²) in [5, 5.41) is 8.79. The van der Waals surface area contributed by atoms with E-state index in [1.165, 1.54) is 6.07 Å². The highest BCUT2D eigenvalue weighted by atomic mass is 19.1. The summed E-state index contributed by atoms with van der Waals surface area (Å²) in [4.78, 5) is 2.20. The summed E-state index contributed by atoms with van der Waals surface area (Å²) in [6, 6.07) is 8.99. The molecular weight excluding hydrogens is 215 g/mol. The molecule has 0 spiro atoms. The van der Waals surface area contributed by atoms with Crippen LogP contribution >= 0.6 is 0 Å². The fraction of sp³-hybridized carbons (Fsp3) is 0.500. The van der Waals surface area contributed by atoms with E-state index in [0.717, 1.165) is 31.6 Å². The second-order valence-electron chi connectivity index (χ2n) is 5.11. The molecule has 90 valence electrons. The van der Waals surface area contributed by atoms with Crippen LogP contribution in [-0.2, 0) is 0 Å². The molecule has 1 aliphatic rings. The van der Waals surface area contributed by atoms with Gasteiger partial charge >= 0.3 is 0 Å². The largest absolute Gasteiger partial charge is 0.371 e. The lowest BCUT2D eigenvalue weighted by Crippen LogP contribution is -2.38. The van der Waals surface area contributed by atoms with E-state index < -0.39 is 0 Å². The summed E-state index contributed by atoms with van der Waals surface area (Å²) >= 11 is 0. The van der Waals surface area contributed by atoms with E-state index in [0.29, 0.717) is 6.42 Å². The Morgan fingerprint density at radius 3 is 2.71 bits per heavy atom. The first-order chi connectivity index (χ1) is 8.13. The Morgan fingerprint density at radius 1 is 1.41 bits per heavy atom. The van der Waals surface area contributed by atoms with Crippen molar-refractivity contribution >= 4 is 5.69 Å². The van der Waals surface area contributed by atoms with Gasteiger partial charge in [0.1, 0.15) is 5.82 Å². The van der Waals surface area contributed by atoms with Gasteiger partial charge in [-0.15, -0.1) is 0 Å². The lowest BCUT2D eigenvalue weighted by atomic mass is 9.78. The van der Waals surface area contributed by atoms with E-state index in [-0.39, 0.29) is 11.2 Å². The Labute approximate surface area is 102 Å². The van der Waals surface area contributed by atoms with Crippen LogP contribution in [0, 0.1) is 22.6 Å². The maximum atomic E-state index is 13.1. The molecule has 1 fully saturated rings. The van der Waals surface area contributed by atoms with Gasteiger partial charge in [0.25, 0.3) is 0 Å². The van der Waals surface area contributed by atoms with E-state index in [2.05, 4.69) is 17.9 Å². The molecule has 1 aromatic carbocycles. The first kappa shape index (κ1) is 11.9. The van der Waals surface area contributed by atoms with Gasteiger partial charge in [0.05, 0.1) is 6.07 Å². The predicted octanol–water partition coefficient (Wildman–Crippen LogP) is 3.35. The highest BCUT2D eigenvalue weighted by molar-refractivity contribution is 5.46. The third kappa shape index (κ3) is 2.76. The van der Waals surface area contributed by atoms with Crippen LogP contribution in [0.3, 0.4) is 0 Å². The maximum absolute atomic E-state index is 13.1. The van der Waals surface area contributed by atoms with Crippen molar-refractivity contribution in [1.29, 1.82) is 5.26 Å². The molecule has 2 nitrogen and oxygen atoms in total. The molecule has 0 saturated carbocycles. The van der Waals surface area contributed by atoms with Crippen LogP contribution in [0.25, 0.3) is 0 Å². The van der Waals surface area contributed by atoms with Crippen molar-refractivity contribution in [2.75, 3.05) is 18.0 Å². The normalized spacial score (nSPS) is 18.8. The van der Waals surface area contributed by atoms with Gasteiger partial charge in [0.15, 0.2) is 0 Å². The van der Waals surface area contributed by atoms with E-state index in [1.54, 1.807) is 12.1 Å². The predicted molar refractivity (Wildman–Crippen MR) is 66.2 cm³/mol. The number of nitrogens with zero attached hydrogens (tertiary/aromatic N) is 2. The molecule has 0 N–H and O–H groups in total. The number of nitriles is 1. The number of benzene rings is 1. The van der Waals surface area contributed by atoms with Gasteiger partial charge in [-0.2, -0.15) is 5.26 Å². The first-order valence-corrected chi connectivity index (χ1v) is 6.00. The molecule has 0 amide bonds. The van der Waals surface area contributed by atoms with Crippen molar-refractivity contribution in [2.24, 2.45) is 5.41 Å². The molecule has 0 aliphatic carbocycles. The highest BCUT2D eigenvalue weighted by Gasteiger charge is 2.29. The number of rotatable bonds is 2. The number of piperidine rings is 1. The summed E-state index contributed by atoms with van der Waals surface area (Å²) in [5.41, 5.74) is 1.09. The standard InChI is InChI=1S/C14H17FN2/c1-14(5-8-16)6-9-17(10-7-14)13-4-2-3-12(15)11-13/h2-4,11H,5-7,9-10H2,1H3. The van der Waals surface area contributed by atoms with Gasteiger partial charge in [-0.1, -0.05) is 13.0 Å². The third-order valence-corrected chi connectivity index (χ3v) is 3.65. The van der Waals surface area contributed by atoms with Crippen LogP contribution in [-0.4, -0.2) is 13.1 Å². The maximum Gasteiger partial charge on any atom is 0.125 e. The molecule has 1 saturated heterocycles. The molecule has 1 aromatic rings. The molecule has 0 bridgehead atoms. The van der Waals surface area contributed by atoms with Gasteiger partial charge in [0.2, 0.25) is 0 Å². The van der Waals surface area contributed by atoms with E-state index >= 15 is 0 Å². The van der Waals surface area contributed by atoms with Crippen molar-refractivity contribution in [1.82, 2.24) is 0 Å². The van der Waals surface area contributed by atoms with Crippen molar-refractivity contribution in [3.8, 4) is 6.07 Å². The fourth-order valence-corrected chi connectivity index (χ4v) is 2.35. The van der Waals surface area contributed by atoms with Crippen molar-refractivity contribution in [3.05, 3.63) is 30.1 Å². The third-order valence-electron chi connectivity index (χ3n) is 3.65. The lowest BCUT2D eigenvalue weighted by Gasteiger charge is -2.39. The Bertz CT molecular complexity index is 428. The Morgan fingerprint density at radius 2 is 2.12 bits per heavy atom. The second-order valence-corrected chi connectivity index (χ2v) is 5.11. The fourth-order valence-electron chi connectivity index (χ4n) is 2.35. The number of hydrogen-bond donors (Lipinski definition) is 0. The van der Waals surface area contributed by atoms with Crippen LogP contribution in [0.4, 0.5) is 10.1 Å². The Hall–Kier alpha value is -1.56. The van der Waals surface area contributed by atoms with Crippen LogP contribution in [0.5, 0.6) is 0 Å². The molecule has 0 atom stereocenters. The van der Waals surface area contributed by atoms with Crippen molar-refractivity contribution in [2.45, 2.75) is 26.2 Å². The van der Waals surface area contributed by atoms with Crippen molar-refractivity contribution < 1.29 is 4.39 Å². The molecule has 17 heavy (non-hydrogen) atoms. The van der Waals surface area contributed by atoms with Crippen LogP contribution < -0.4 is 4.90 Å². The summed E-state index contributed by atoms with van der Waals surface area (Å²) in [7, 11) is 0. The van der Waals surface area contributed by atoms with Crippen molar-refractivity contribution in [3.63, 3.8) is 0 Å². The van der Waals surface area contributed by atoms with Crippen LogP contribution in [0.2, 0.25) is 0 Å². The lowest BCUT2D eigenvalue weighted by molar-refractivity contribution is 0.254. The zero-order chi connectivity index (χ0) is 12.3. The SMILES string of the molecule is CC1(CC#N)CCN(c2cccc(F)c2)CC1. The second kappa shape index (κ2) is 4.75. The average molecular weight is 232 g/mol. The van der Waals surface area contributed by atoms with Crippen LogP contribution in [0.15, 0.2) is 24.3 Å². The minimum atomic E-state index is -0.187.